The number of esters is 3. The number of ether oxygens (including phenoxy) is 3. The Morgan fingerprint density at radius 1 is 0.284 bits per heavy atom. The topological polar surface area (TPSA) is 78.9 Å². The van der Waals surface area contributed by atoms with Crippen LogP contribution in [0.3, 0.4) is 0 Å². The van der Waals surface area contributed by atoms with Gasteiger partial charge in [-0.3, -0.25) is 14.4 Å². The van der Waals surface area contributed by atoms with Gasteiger partial charge in [-0.15, -0.1) is 0 Å². The summed E-state index contributed by atoms with van der Waals surface area (Å²) in [4.78, 5) is 38.0. The molecule has 0 heterocycles. The normalized spacial score (nSPS) is 12.5. The summed E-state index contributed by atoms with van der Waals surface area (Å²) >= 11 is 0. The monoisotopic (exact) mass is 1030 g/mol. The molecule has 6 nitrogen and oxygen atoms in total. The van der Waals surface area contributed by atoms with E-state index >= 15 is 0 Å². The van der Waals surface area contributed by atoms with Crippen LogP contribution in [0.5, 0.6) is 0 Å². The van der Waals surface area contributed by atoms with E-state index in [9.17, 15) is 14.4 Å². The average molecular weight is 1030 g/mol. The summed E-state index contributed by atoms with van der Waals surface area (Å²) in [6.07, 6.45) is 80.9. The largest absolute Gasteiger partial charge is 0.462 e. The average Bonchev–Trinajstić information content (AvgIpc) is 3.40. The van der Waals surface area contributed by atoms with Gasteiger partial charge in [0.25, 0.3) is 0 Å². The van der Waals surface area contributed by atoms with Crippen LogP contribution in [0.4, 0.5) is 0 Å². The minimum absolute atomic E-state index is 0.0753. The maximum absolute atomic E-state index is 12.9. The Balaban J connectivity index is 4.09. The van der Waals surface area contributed by atoms with Crippen LogP contribution in [0.1, 0.15) is 323 Å². The van der Waals surface area contributed by atoms with Gasteiger partial charge < -0.3 is 14.2 Å². The molecule has 0 radical (unpaired) electrons. The summed E-state index contributed by atoms with van der Waals surface area (Å²) in [5.74, 6) is -0.878. The molecular weight excluding hydrogens is 913 g/mol. The van der Waals surface area contributed by atoms with Crippen molar-refractivity contribution in [1.29, 1.82) is 0 Å². The van der Waals surface area contributed by atoms with Crippen LogP contribution < -0.4 is 0 Å². The zero-order valence-electron chi connectivity index (χ0n) is 49.1. The van der Waals surface area contributed by atoms with Crippen LogP contribution in [0.25, 0.3) is 0 Å². The Bertz CT molecular complexity index is 1370. The standard InChI is InChI=1S/C68H120O6/c1-4-7-10-13-16-18-20-22-24-26-28-30-32-34-36-38-40-42-44-46-48-50-52-55-58-61-67(70)73-64-65(63-72-66(69)60-57-54-15-12-9-6-3)74-68(71)62-59-56-53-51-49-47-45-43-41-39-37-35-33-31-29-27-25-23-21-19-17-14-11-8-5-2/h7,10,16,18,22,24,27-30,34,36,65H,4-6,8-9,11-15,17,19-21,23,25-26,31-33,35,37-64H2,1-3H3/b10-7-,18-16-,24-22-,29-27-,30-28-,36-34-. The van der Waals surface area contributed by atoms with Crippen molar-refractivity contribution in [1.82, 2.24) is 0 Å². The number of hydrogen-bond donors (Lipinski definition) is 0. The molecule has 74 heavy (non-hydrogen) atoms. The van der Waals surface area contributed by atoms with Gasteiger partial charge in [-0.2, -0.15) is 0 Å². The van der Waals surface area contributed by atoms with Gasteiger partial charge in [-0.25, -0.2) is 0 Å². The Morgan fingerprint density at radius 2 is 0.527 bits per heavy atom. The molecule has 6 heteroatoms. The summed E-state index contributed by atoms with van der Waals surface area (Å²) in [5, 5.41) is 0. The summed E-state index contributed by atoms with van der Waals surface area (Å²) in [6.45, 7) is 6.50. The first kappa shape index (κ1) is 70.8. The molecule has 0 saturated carbocycles. The number of carbonyl (C=O) groups is 3. The molecule has 0 N–H and O–H groups in total. The minimum atomic E-state index is -0.775. The van der Waals surface area contributed by atoms with E-state index in [1.54, 1.807) is 0 Å². The van der Waals surface area contributed by atoms with Crippen molar-refractivity contribution in [2.45, 2.75) is 329 Å². The molecule has 0 bridgehead atoms. The van der Waals surface area contributed by atoms with Crippen LogP contribution >= 0.6 is 0 Å². The van der Waals surface area contributed by atoms with E-state index in [0.29, 0.717) is 19.3 Å². The van der Waals surface area contributed by atoms with Gasteiger partial charge in [-0.1, -0.05) is 286 Å². The molecule has 0 fully saturated rings. The zero-order valence-corrected chi connectivity index (χ0v) is 49.1. The van der Waals surface area contributed by atoms with Crippen LogP contribution in [0.2, 0.25) is 0 Å². The highest BCUT2D eigenvalue weighted by atomic mass is 16.6. The van der Waals surface area contributed by atoms with Crippen LogP contribution in [-0.2, 0) is 28.6 Å². The summed E-state index contributed by atoms with van der Waals surface area (Å²) in [7, 11) is 0. The molecule has 0 aliphatic heterocycles. The molecule has 0 aliphatic rings. The number of rotatable bonds is 58. The van der Waals surface area contributed by atoms with Crippen molar-refractivity contribution in [3.63, 3.8) is 0 Å². The Morgan fingerprint density at radius 3 is 0.838 bits per heavy atom. The fraction of sp³-hybridized carbons (Fsp3) is 0.779. The van der Waals surface area contributed by atoms with Crippen molar-refractivity contribution >= 4 is 17.9 Å². The number of allylic oxidation sites excluding steroid dienone is 12. The van der Waals surface area contributed by atoms with Crippen molar-refractivity contribution in [3.05, 3.63) is 72.9 Å². The molecule has 1 atom stereocenters. The van der Waals surface area contributed by atoms with Gasteiger partial charge in [-0.05, 0) is 89.9 Å². The van der Waals surface area contributed by atoms with E-state index in [4.69, 9.17) is 14.2 Å². The van der Waals surface area contributed by atoms with Crippen molar-refractivity contribution in [2.75, 3.05) is 13.2 Å². The van der Waals surface area contributed by atoms with E-state index < -0.39 is 6.10 Å². The van der Waals surface area contributed by atoms with E-state index in [0.717, 1.165) is 96.3 Å². The number of unbranched alkanes of at least 4 members (excludes halogenated alkanes) is 35. The van der Waals surface area contributed by atoms with Gasteiger partial charge in [0.2, 0.25) is 0 Å². The molecule has 0 aromatic rings. The predicted octanol–water partition coefficient (Wildman–Crippen LogP) is 21.7. The maximum atomic E-state index is 12.9. The Kier molecular flexibility index (Phi) is 59.7. The Hall–Kier alpha value is -3.15. The number of hydrogen-bond acceptors (Lipinski definition) is 6. The first-order chi connectivity index (χ1) is 36.5. The van der Waals surface area contributed by atoms with Gasteiger partial charge in [0, 0.05) is 19.3 Å². The maximum Gasteiger partial charge on any atom is 0.306 e. The highest BCUT2D eigenvalue weighted by Crippen LogP contribution is 2.17. The highest BCUT2D eigenvalue weighted by molar-refractivity contribution is 5.71. The van der Waals surface area contributed by atoms with E-state index in [1.807, 2.05) is 0 Å². The van der Waals surface area contributed by atoms with E-state index in [2.05, 4.69) is 93.7 Å². The fourth-order valence-electron chi connectivity index (χ4n) is 9.17. The second-order valence-corrected chi connectivity index (χ2v) is 21.3. The third-order valence-corrected chi connectivity index (χ3v) is 13.9. The van der Waals surface area contributed by atoms with Gasteiger partial charge in [0.15, 0.2) is 6.10 Å². The molecule has 0 aromatic heterocycles. The molecular formula is C68H120O6. The van der Waals surface area contributed by atoms with Crippen molar-refractivity contribution in [2.24, 2.45) is 0 Å². The van der Waals surface area contributed by atoms with Crippen LogP contribution in [0, 0.1) is 0 Å². The lowest BCUT2D eigenvalue weighted by Crippen LogP contribution is -2.30. The third-order valence-electron chi connectivity index (χ3n) is 13.9. The highest BCUT2D eigenvalue weighted by Gasteiger charge is 2.19. The SMILES string of the molecule is CC/C=C\C/C=C\C/C=C\C/C=C\C/C=C\CCCCCCCCCCCC(=O)OCC(COC(=O)CCCCCCCC)OC(=O)CCCCCCCCCCCCCCC/C=C\CCCCCCCCCC. The minimum Gasteiger partial charge on any atom is -0.462 e. The van der Waals surface area contributed by atoms with Crippen LogP contribution in [0.15, 0.2) is 72.9 Å². The molecule has 1 unspecified atom stereocenters. The molecule has 0 amide bonds. The van der Waals surface area contributed by atoms with Crippen LogP contribution in [-0.4, -0.2) is 37.2 Å². The van der Waals surface area contributed by atoms with Gasteiger partial charge >= 0.3 is 17.9 Å². The second kappa shape index (κ2) is 62.4. The summed E-state index contributed by atoms with van der Waals surface area (Å²) < 4.78 is 16.8. The molecule has 0 saturated heterocycles. The van der Waals surface area contributed by atoms with Gasteiger partial charge in [0.05, 0.1) is 0 Å². The van der Waals surface area contributed by atoms with Crippen molar-refractivity contribution in [3.8, 4) is 0 Å². The first-order valence-corrected chi connectivity index (χ1v) is 31.9. The first-order valence-electron chi connectivity index (χ1n) is 31.9. The molecule has 428 valence electrons. The molecule has 0 aromatic carbocycles. The predicted molar refractivity (Wildman–Crippen MR) is 321 cm³/mol. The lowest BCUT2D eigenvalue weighted by Gasteiger charge is -2.18. The summed E-state index contributed by atoms with van der Waals surface area (Å²) in [6, 6.07) is 0. The fourth-order valence-corrected chi connectivity index (χ4v) is 9.17. The second-order valence-electron chi connectivity index (χ2n) is 21.3. The van der Waals surface area contributed by atoms with Gasteiger partial charge in [0.1, 0.15) is 13.2 Å². The number of carbonyl (C=O) groups excluding carboxylic acids is 3. The lowest BCUT2D eigenvalue weighted by atomic mass is 10.0. The van der Waals surface area contributed by atoms with E-state index in [-0.39, 0.29) is 31.1 Å². The zero-order chi connectivity index (χ0) is 53.6. The molecule has 0 spiro atoms. The smallest absolute Gasteiger partial charge is 0.306 e. The third kappa shape index (κ3) is 59.7. The molecule has 0 rings (SSSR count). The molecule has 0 aliphatic carbocycles. The quantitative estimate of drug-likeness (QED) is 0.0261. The summed E-state index contributed by atoms with van der Waals surface area (Å²) in [5.41, 5.74) is 0. The van der Waals surface area contributed by atoms with E-state index in [1.165, 1.54) is 186 Å². The lowest BCUT2D eigenvalue weighted by molar-refractivity contribution is -0.167. The Labute approximate surface area is 459 Å². The van der Waals surface area contributed by atoms with Crippen molar-refractivity contribution < 1.29 is 28.6 Å².